The molecule has 0 fully saturated rings. The van der Waals surface area contributed by atoms with Crippen molar-refractivity contribution in [2.75, 3.05) is 6.54 Å². The van der Waals surface area contributed by atoms with Gasteiger partial charge in [-0.05, 0) is 85.6 Å². The van der Waals surface area contributed by atoms with Gasteiger partial charge in [0.2, 0.25) is 0 Å². The summed E-state index contributed by atoms with van der Waals surface area (Å²) in [5, 5.41) is 3.44. The molecule has 0 spiro atoms. The maximum atomic E-state index is 6.05. The van der Waals surface area contributed by atoms with Crippen LogP contribution in [0.3, 0.4) is 0 Å². The number of ether oxygens (including phenoxy) is 1. The number of thiophene rings is 1. The summed E-state index contributed by atoms with van der Waals surface area (Å²) in [6, 6.07) is 18.5. The topological polar surface area (TPSA) is 51.0 Å². The fourth-order valence-corrected chi connectivity index (χ4v) is 4.32. The van der Waals surface area contributed by atoms with Gasteiger partial charge >= 0.3 is 0 Å². The van der Waals surface area contributed by atoms with E-state index in [1.807, 2.05) is 36.4 Å². The lowest BCUT2D eigenvalue weighted by Crippen LogP contribution is -1.99. The molecule has 0 amide bonds. The lowest BCUT2D eigenvalue weighted by atomic mass is 10.0. The summed E-state index contributed by atoms with van der Waals surface area (Å²) in [4.78, 5) is 4.92. The van der Waals surface area contributed by atoms with E-state index in [-0.39, 0.29) is 0 Å². The number of benzene rings is 2. The number of unbranched alkanes of at least 4 members (excludes halogenated alkanes) is 1. The molecule has 4 rings (SSSR count). The molecule has 138 valence electrons. The Morgan fingerprint density at radius 3 is 2.59 bits per heavy atom. The molecule has 0 radical (unpaired) electrons. The number of rotatable bonds is 7. The Bertz CT molecular complexity index is 1030. The Labute approximate surface area is 163 Å². The van der Waals surface area contributed by atoms with Gasteiger partial charge in [-0.1, -0.05) is 18.2 Å². The number of nitrogens with two attached hydrogens (primary N) is 1. The normalized spacial score (nSPS) is 11.2. The number of aryl methyl sites for hydroxylation is 2. The Balaban J connectivity index is 1.75. The SMILES string of the molecule is Cc1csc(-c2[nH]c3ccc(Oc4ccccc4)cc3c2CCCCN)c1. The van der Waals surface area contributed by atoms with E-state index < -0.39 is 0 Å². The van der Waals surface area contributed by atoms with E-state index in [1.165, 1.54) is 27.1 Å². The van der Waals surface area contributed by atoms with Crippen molar-refractivity contribution in [3.8, 4) is 22.1 Å². The fourth-order valence-electron chi connectivity index (χ4n) is 3.39. The summed E-state index contributed by atoms with van der Waals surface area (Å²) in [5.74, 6) is 1.72. The van der Waals surface area contributed by atoms with Gasteiger partial charge in [0.05, 0.1) is 10.6 Å². The first kappa shape index (κ1) is 17.8. The molecule has 0 aliphatic heterocycles. The number of aromatic nitrogens is 1. The molecular weight excluding hydrogens is 352 g/mol. The molecule has 3 nitrogen and oxygen atoms in total. The number of H-pyrrole nitrogens is 1. The largest absolute Gasteiger partial charge is 0.457 e. The number of hydrogen-bond donors (Lipinski definition) is 2. The van der Waals surface area contributed by atoms with Crippen LogP contribution in [0.2, 0.25) is 0 Å². The molecule has 4 aromatic rings. The van der Waals surface area contributed by atoms with Crippen LogP contribution in [0.15, 0.2) is 60.0 Å². The molecule has 2 aromatic heterocycles. The van der Waals surface area contributed by atoms with E-state index in [4.69, 9.17) is 10.5 Å². The fraction of sp³-hybridized carbons (Fsp3) is 0.217. The van der Waals surface area contributed by atoms with Crippen molar-refractivity contribution in [3.05, 3.63) is 71.1 Å². The predicted molar refractivity (Wildman–Crippen MR) is 115 cm³/mol. The lowest BCUT2D eigenvalue weighted by molar-refractivity contribution is 0.483. The number of fused-ring (bicyclic) bond motifs is 1. The van der Waals surface area contributed by atoms with Crippen LogP contribution in [-0.2, 0) is 6.42 Å². The highest BCUT2D eigenvalue weighted by molar-refractivity contribution is 7.13. The van der Waals surface area contributed by atoms with Crippen molar-refractivity contribution < 1.29 is 4.74 Å². The molecular formula is C23H24N2OS. The van der Waals surface area contributed by atoms with Gasteiger partial charge in [-0.3, -0.25) is 0 Å². The van der Waals surface area contributed by atoms with Crippen molar-refractivity contribution in [1.29, 1.82) is 0 Å². The summed E-state index contributed by atoms with van der Waals surface area (Å²) in [6.45, 7) is 2.88. The van der Waals surface area contributed by atoms with Gasteiger partial charge in [0.15, 0.2) is 0 Å². The highest BCUT2D eigenvalue weighted by Gasteiger charge is 2.15. The lowest BCUT2D eigenvalue weighted by Gasteiger charge is -2.07. The number of aromatic amines is 1. The van der Waals surface area contributed by atoms with Crippen LogP contribution >= 0.6 is 11.3 Å². The van der Waals surface area contributed by atoms with E-state index in [0.29, 0.717) is 0 Å². The maximum Gasteiger partial charge on any atom is 0.128 e. The zero-order valence-electron chi connectivity index (χ0n) is 15.5. The molecule has 0 atom stereocenters. The molecule has 0 aliphatic carbocycles. The molecule has 0 saturated heterocycles. The minimum atomic E-state index is 0.734. The van der Waals surface area contributed by atoms with Crippen molar-refractivity contribution in [2.24, 2.45) is 5.73 Å². The van der Waals surface area contributed by atoms with Crippen LogP contribution in [0.25, 0.3) is 21.5 Å². The molecule has 27 heavy (non-hydrogen) atoms. The second-order valence-electron chi connectivity index (χ2n) is 6.84. The highest BCUT2D eigenvalue weighted by atomic mass is 32.1. The first-order chi connectivity index (χ1) is 13.2. The van der Waals surface area contributed by atoms with Crippen LogP contribution < -0.4 is 10.5 Å². The zero-order chi connectivity index (χ0) is 18.6. The summed E-state index contributed by atoms with van der Waals surface area (Å²) in [6.07, 6.45) is 3.14. The molecule has 0 saturated carbocycles. The zero-order valence-corrected chi connectivity index (χ0v) is 16.3. The third kappa shape index (κ3) is 3.92. The predicted octanol–water partition coefficient (Wildman–Crippen LogP) is 6.28. The number of para-hydroxylation sites is 1. The standard InChI is InChI=1S/C23H24N2OS/c1-16-13-22(27-15-16)23-19(9-5-6-12-24)20-14-18(10-11-21(20)25-23)26-17-7-3-2-4-8-17/h2-4,7-8,10-11,13-15,25H,5-6,9,12,24H2,1H3. The first-order valence-electron chi connectivity index (χ1n) is 9.37. The summed E-state index contributed by atoms with van der Waals surface area (Å²) >= 11 is 1.79. The average Bonchev–Trinajstić information content (AvgIpc) is 3.26. The van der Waals surface area contributed by atoms with Crippen molar-refractivity contribution in [2.45, 2.75) is 26.2 Å². The Morgan fingerprint density at radius 2 is 1.85 bits per heavy atom. The van der Waals surface area contributed by atoms with Gasteiger partial charge in [-0.2, -0.15) is 0 Å². The average molecular weight is 377 g/mol. The van der Waals surface area contributed by atoms with Crippen LogP contribution in [0.4, 0.5) is 0 Å². The summed E-state index contributed by atoms with van der Waals surface area (Å²) in [5.41, 5.74) is 10.8. The third-order valence-corrected chi connectivity index (χ3v) is 5.78. The van der Waals surface area contributed by atoms with E-state index in [1.54, 1.807) is 11.3 Å². The first-order valence-corrected chi connectivity index (χ1v) is 10.3. The second kappa shape index (κ2) is 7.99. The second-order valence-corrected chi connectivity index (χ2v) is 7.75. The van der Waals surface area contributed by atoms with Crippen LogP contribution in [-0.4, -0.2) is 11.5 Å². The Hall–Kier alpha value is -2.56. The number of hydrogen-bond acceptors (Lipinski definition) is 3. The summed E-state index contributed by atoms with van der Waals surface area (Å²) < 4.78 is 6.05. The molecule has 3 N–H and O–H groups in total. The van der Waals surface area contributed by atoms with Gasteiger partial charge in [-0.15, -0.1) is 11.3 Å². The van der Waals surface area contributed by atoms with E-state index >= 15 is 0 Å². The maximum absolute atomic E-state index is 6.05. The summed E-state index contributed by atoms with van der Waals surface area (Å²) in [7, 11) is 0. The van der Waals surface area contributed by atoms with E-state index in [9.17, 15) is 0 Å². The third-order valence-electron chi connectivity index (χ3n) is 4.71. The van der Waals surface area contributed by atoms with E-state index in [0.717, 1.165) is 42.8 Å². The minimum absolute atomic E-state index is 0.734. The highest BCUT2D eigenvalue weighted by Crippen LogP contribution is 2.37. The van der Waals surface area contributed by atoms with Crippen LogP contribution in [0, 0.1) is 6.92 Å². The Kier molecular flexibility index (Phi) is 5.28. The Morgan fingerprint density at radius 1 is 1.00 bits per heavy atom. The molecule has 0 unspecified atom stereocenters. The molecule has 2 aromatic carbocycles. The van der Waals surface area contributed by atoms with Crippen molar-refractivity contribution >= 4 is 22.2 Å². The van der Waals surface area contributed by atoms with Gasteiger partial charge in [0.1, 0.15) is 11.5 Å². The molecule has 0 bridgehead atoms. The van der Waals surface area contributed by atoms with Gasteiger partial charge in [0.25, 0.3) is 0 Å². The minimum Gasteiger partial charge on any atom is -0.457 e. The van der Waals surface area contributed by atoms with E-state index in [2.05, 4.69) is 35.5 Å². The smallest absolute Gasteiger partial charge is 0.128 e. The van der Waals surface area contributed by atoms with Crippen molar-refractivity contribution in [1.82, 2.24) is 4.98 Å². The van der Waals surface area contributed by atoms with Crippen molar-refractivity contribution in [3.63, 3.8) is 0 Å². The van der Waals surface area contributed by atoms with Crippen LogP contribution in [0.5, 0.6) is 11.5 Å². The quantitative estimate of drug-likeness (QED) is 0.373. The molecule has 4 heteroatoms. The monoisotopic (exact) mass is 376 g/mol. The van der Waals surface area contributed by atoms with Gasteiger partial charge in [0, 0.05) is 10.9 Å². The molecule has 2 heterocycles. The molecule has 0 aliphatic rings. The van der Waals surface area contributed by atoms with Gasteiger partial charge < -0.3 is 15.5 Å². The van der Waals surface area contributed by atoms with Crippen LogP contribution in [0.1, 0.15) is 24.0 Å². The van der Waals surface area contributed by atoms with Gasteiger partial charge in [-0.25, -0.2) is 0 Å². The number of nitrogens with one attached hydrogen (secondary N) is 1.